The Morgan fingerprint density at radius 1 is 1.40 bits per heavy atom. The van der Waals surface area contributed by atoms with Crippen LogP contribution >= 0.6 is 0 Å². The zero-order valence-electron chi connectivity index (χ0n) is 8.37. The van der Waals surface area contributed by atoms with Crippen LogP contribution in [0.2, 0.25) is 0 Å². The molecule has 0 radical (unpaired) electrons. The van der Waals surface area contributed by atoms with Gasteiger partial charge in [-0.25, -0.2) is 0 Å². The normalized spacial score (nSPS) is 10.1. The molecule has 0 atom stereocenters. The van der Waals surface area contributed by atoms with Crippen LogP contribution in [0.5, 0.6) is 0 Å². The molecule has 0 unspecified atom stereocenters. The molecule has 2 aromatic rings. The van der Waals surface area contributed by atoms with Gasteiger partial charge in [0.15, 0.2) is 0 Å². The molecule has 1 heterocycles. The highest BCUT2D eigenvalue weighted by atomic mass is 16.1. The van der Waals surface area contributed by atoms with E-state index in [9.17, 15) is 4.79 Å². The molecular weight excluding hydrogens is 188 g/mol. The molecule has 1 N–H and O–H groups in total. The second-order valence-electron chi connectivity index (χ2n) is 3.54. The molecule has 1 aromatic heterocycles. The molecule has 0 spiro atoms. The number of aromatic nitrogens is 1. The first-order valence-corrected chi connectivity index (χ1v) is 4.70. The van der Waals surface area contributed by atoms with E-state index in [0.717, 1.165) is 16.5 Å². The van der Waals surface area contributed by atoms with Crippen molar-refractivity contribution in [2.45, 2.75) is 13.3 Å². The zero-order chi connectivity index (χ0) is 10.8. The van der Waals surface area contributed by atoms with Crippen LogP contribution in [0.3, 0.4) is 0 Å². The molecular formula is C12H10N2O. The Labute approximate surface area is 87.0 Å². The highest BCUT2D eigenvalue weighted by molar-refractivity contribution is 5.79. The predicted molar refractivity (Wildman–Crippen MR) is 58.6 cm³/mol. The van der Waals surface area contributed by atoms with Gasteiger partial charge >= 0.3 is 0 Å². The fourth-order valence-electron chi connectivity index (χ4n) is 1.57. The minimum absolute atomic E-state index is 0.0597. The molecule has 0 amide bonds. The van der Waals surface area contributed by atoms with E-state index < -0.39 is 0 Å². The van der Waals surface area contributed by atoms with Crippen molar-refractivity contribution in [2.75, 3.05) is 0 Å². The number of fused-ring (bicyclic) bond motifs is 1. The Morgan fingerprint density at radius 3 is 2.93 bits per heavy atom. The number of nitriles is 1. The summed E-state index contributed by atoms with van der Waals surface area (Å²) in [7, 11) is 0. The first kappa shape index (κ1) is 9.47. The predicted octanol–water partition coefficient (Wildman–Crippen LogP) is 1.90. The Bertz CT molecular complexity index is 605. The van der Waals surface area contributed by atoms with Gasteiger partial charge in [0, 0.05) is 11.1 Å². The highest BCUT2D eigenvalue weighted by Gasteiger charge is 1.99. The summed E-state index contributed by atoms with van der Waals surface area (Å²) in [5.41, 5.74) is 2.41. The summed E-state index contributed by atoms with van der Waals surface area (Å²) in [4.78, 5) is 14.1. The molecule has 2 rings (SSSR count). The molecule has 1 aromatic carbocycles. The molecule has 0 aliphatic rings. The number of H-pyrrole nitrogens is 1. The second-order valence-corrected chi connectivity index (χ2v) is 3.54. The Morgan fingerprint density at radius 2 is 2.20 bits per heavy atom. The molecule has 0 saturated heterocycles. The lowest BCUT2D eigenvalue weighted by Crippen LogP contribution is -2.08. The first-order chi connectivity index (χ1) is 7.20. The molecule has 74 valence electrons. The standard InChI is InChI=1S/C12H10N2O/c1-8-6-10-7-9(4-5-13)2-3-11(10)14-12(8)15/h2-3,6-7H,4H2,1H3,(H,14,15). The summed E-state index contributed by atoms with van der Waals surface area (Å²) in [5, 5.41) is 9.55. The van der Waals surface area contributed by atoms with Gasteiger partial charge in [0.2, 0.25) is 0 Å². The molecule has 0 saturated carbocycles. The van der Waals surface area contributed by atoms with Crippen LogP contribution in [0, 0.1) is 18.3 Å². The van der Waals surface area contributed by atoms with E-state index in [2.05, 4.69) is 11.1 Å². The number of nitrogens with one attached hydrogen (secondary N) is 1. The third-order valence-corrected chi connectivity index (χ3v) is 2.38. The van der Waals surface area contributed by atoms with E-state index >= 15 is 0 Å². The number of hydrogen-bond acceptors (Lipinski definition) is 2. The second kappa shape index (κ2) is 3.58. The summed E-state index contributed by atoms with van der Waals surface area (Å²) in [6, 6.07) is 9.57. The third-order valence-electron chi connectivity index (χ3n) is 2.38. The number of nitrogens with zero attached hydrogens (tertiary/aromatic N) is 1. The number of benzene rings is 1. The van der Waals surface area contributed by atoms with Gasteiger partial charge in [0.1, 0.15) is 0 Å². The smallest absolute Gasteiger partial charge is 0.251 e. The van der Waals surface area contributed by atoms with Gasteiger partial charge in [-0.05, 0) is 36.1 Å². The summed E-state index contributed by atoms with van der Waals surface area (Å²) < 4.78 is 0. The molecule has 15 heavy (non-hydrogen) atoms. The lowest BCUT2D eigenvalue weighted by Gasteiger charge is -2.01. The van der Waals surface area contributed by atoms with Gasteiger partial charge in [-0.1, -0.05) is 6.07 Å². The Hall–Kier alpha value is -2.08. The van der Waals surface area contributed by atoms with Crippen molar-refractivity contribution < 1.29 is 0 Å². The summed E-state index contributed by atoms with van der Waals surface area (Å²) in [6.45, 7) is 1.77. The zero-order valence-corrected chi connectivity index (χ0v) is 8.37. The Balaban J connectivity index is 2.67. The van der Waals surface area contributed by atoms with E-state index in [4.69, 9.17) is 5.26 Å². The monoisotopic (exact) mass is 198 g/mol. The van der Waals surface area contributed by atoms with E-state index in [1.54, 1.807) is 6.92 Å². The number of aromatic amines is 1. The molecule has 0 aliphatic carbocycles. The van der Waals surface area contributed by atoms with Gasteiger partial charge in [-0.2, -0.15) is 5.26 Å². The van der Waals surface area contributed by atoms with Crippen molar-refractivity contribution in [1.82, 2.24) is 4.98 Å². The van der Waals surface area contributed by atoms with E-state index in [0.29, 0.717) is 12.0 Å². The van der Waals surface area contributed by atoms with Gasteiger partial charge in [0.25, 0.3) is 5.56 Å². The summed E-state index contributed by atoms with van der Waals surface area (Å²) in [6.07, 6.45) is 0.397. The van der Waals surface area contributed by atoms with Crippen LogP contribution in [0.4, 0.5) is 0 Å². The average molecular weight is 198 g/mol. The fourth-order valence-corrected chi connectivity index (χ4v) is 1.57. The number of hydrogen-bond donors (Lipinski definition) is 1. The van der Waals surface area contributed by atoms with E-state index in [1.807, 2.05) is 24.3 Å². The number of rotatable bonds is 1. The molecule has 3 heteroatoms. The minimum Gasteiger partial charge on any atom is -0.322 e. The van der Waals surface area contributed by atoms with Gasteiger partial charge in [0.05, 0.1) is 12.5 Å². The van der Waals surface area contributed by atoms with Crippen molar-refractivity contribution in [3.05, 3.63) is 45.7 Å². The van der Waals surface area contributed by atoms with Crippen LogP contribution in [-0.2, 0) is 6.42 Å². The summed E-state index contributed by atoms with van der Waals surface area (Å²) in [5.74, 6) is 0. The summed E-state index contributed by atoms with van der Waals surface area (Å²) >= 11 is 0. The van der Waals surface area contributed by atoms with Gasteiger partial charge < -0.3 is 4.98 Å². The quantitative estimate of drug-likeness (QED) is 0.760. The van der Waals surface area contributed by atoms with Crippen LogP contribution < -0.4 is 5.56 Å². The maximum absolute atomic E-state index is 11.3. The first-order valence-electron chi connectivity index (χ1n) is 4.70. The lowest BCUT2D eigenvalue weighted by molar-refractivity contribution is 1.22. The topological polar surface area (TPSA) is 56.6 Å². The van der Waals surface area contributed by atoms with Crippen LogP contribution in [0.25, 0.3) is 10.9 Å². The van der Waals surface area contributed by atoms with E-state index in [1.165, 1.54) is 0 Å². The third kappa shape index (κ3) is 1.75. The van der Waals surface area contributed by atoms with Crippen molar-refractivity contribution in [3.63, 3.8) is 0 Å². The molecule has 3 nitrogen and oxygen atoms in total. The van der Waals surface area contributed by atoms with Crippen LogP contribution in [0.1, 0.15) is 11.1 Å². The van der Waals surface area contributed by atoms with Crippen molar-refractivity contribution in [1.29, 1.82) is 5.26 Å². The van der Waals surface area contributed by atoms with Crippen molar-refractivity contribution >= 4 is 10.9 Å². The number of aryl methyl sites for hydroxylation is 1. The van der Waals surface area contributed by atoms with Crippen molar-refractivity contribution in [3.8, 4) is 6.07 Å². The highest BCUT2D eigenvalue weighted by Crippen LogP contribution is 2.13. The SMILES string of the molecule is Cc1cc2cc(CC#N)ccc2[nH]c1=O. The van der Waals surface area contributed by atoms with Gasteiger partial charge in [-0.15, -0.1) is 0 Å². The van der Waals surface area contributed by atoms with Crippen LogP contribution in [-0.4, -0.2) is 4.98 Å². The number of pyridine rings is 1. The molecule has 0 bridgehead atoms. The fraction of sp³-hybridized carbons (Fsp3) is 0.167. The molecule has 0 aliphatic heterocycles. The Kier molecular flexibility index (Phi) is 2.26. The average Bonchev–Trinajstić information content (AvgIpc) is 2.21. The van der Waals surface area contributed by atoms with Crippen LogP contribution in [0.15, 0.2) is 29.1 Å². The van der Waals surface area contributed by atoms with Crippen molar-refractivity contribution in [2.24, 2.45) is 0 Å². The molecule has 0 fully saturated rings. The maximum atomic E-state index is 11.3. The maximum Gasteiger partial charge on any atom is 0.251 e. The van der Waals surface area contributed by atoms with Gasteiger partial charge in [-0.3, -0.25) is 4.79 Å². The van der Waals surface area contributed by atoms with E-state index in [-0.39, 0.29) is 5.56 Å². The lowest BCUT2D eigenvalue weighted by atomic mass is 10.1. The minimum atomic E-state index is -0.0597. The largest absolute Gasteiger partial charge is 0.322 e.